The Kier molecular flexibility index (Phi) is 5.93. The summed E-state index contributed by atoms with van der Waals surface area (Å²) in [5.41, 5.74) is 7.84. The van der Waals surface area contributed by atoms with Crippen LogP contribution in [0.2, 0.25) is 0 Å². The van der Waals surface area contributed by atoms with Gasteiger partial charge in [0, 0.05) is 32.3 Å². The fourth-order valence-corrected chi connectivity index (χ4v) is 5.41. The van der Waals surface area contributed by atoms with E-state index in [9.17, 15) is 4.79 Å². The number of hydrogen-bond acceptors (Lipinski definition) is 3. The van der Waals surface area contributed by atoms with Crippen molar-refractivity contribution in [3.05, 3.63) is 107 Å². The van der Waals surface area contributed by atoms with Crippen LogP contribution in [-0.2, 0) is 11.2 Å². The first-order chi connectivity index (χ1) is 16.2. The zero-order chi connectivity index (χ0) is 22.8. The Labute approximate surface area is 198 Å². The Morgan fingerprint density at radius 3 is 2.30 bits per heavy atom. The summed E-state index contributed by atoms with van der Waals surface area (Å²) in [5, 5.41) is 0. The number of nitrogens with zero attached hydrogens (tertiary/aromatic N) is 1. The van der Waals surface area contributed by atoms with Crippen molar-refractivity contribution in [1.82, 2.24) is 4.57 Å². The number of benzene rings is 3. The molecule has 0 fully saturated rings. The number of carbonyl (C=O) groups excluding carboxylic acids is 1. The highest BCUT2D eigenvalue weighted by Crippen LogP contribution is 2.45. The maximum atomic E-state index is 12.0. The van der Waals surface area contributed by atoms with Crippen LogP contribution < -0.4 is 4.74 Å². The van der Waals surface area contributed by atoms with Gasteiger partial charge in [-0.25, -0.2) is 0 Å². The minimum atomic E-state index is 0.735. The van der Waals surface area contributed by atoms with Crippen LogP contribution >= 0.6 is 11.8 Å². The number of fused-ring (bicyclic) bond motifs is 1. The van der Waals surface area contributed by atoms with E-state index in [2.05, 4.69) is 78.2 Å². The first kappa shape index (κ1) is 21.4. The molecule has 3 nitrogen and oxygen atoms in total. The molecule has 4 aromatic rings. The smallest absolute Gasteiger partial charge is 0.147 e. The van der Waals surface area contributed by atoms with Gasteiger partial charge in [-0.1, -0.05) is 59.8 Å². The molecule has 0 saturated carbocycles. The molecule has 0 aliphatic heterocycles. The normalized spacial score (nSPS) is 13.0. The second-order valence-electron chi connectivity index (χ2n) is 8.18. The summed E-state index contributed by atoms with van der Waals surface area (Å²) >= 11 is 1.68. The predicted molar refractivity (Wildman–Crippen MR) is 136 cm³/mol. The van der Waals surface area contributed by atoms with Gasteiger partial charge in [0.05, 0.1) is 12.8 Å². The third-order valence-electron chi connectivity index (χ3n) is 6.05. The molecule has 1 aliphatic carbocycles. The number of aryl methyl sites for hydroxylation is 1. The van der Waals surface area contributed by atoms with Crippen molar-refractivity contribution >= 4 is 23.0 Å². The van der Waals surface area contributed by atoms with Gasteiger partial charge in [0.2, 0.25) is 0 Å². The number of thioether (sulfide) groups is 1. The van der Waals surface area contributed by atoms with Crippen molar-refractivity contribution in [3.8, 4) is 22.7 Å². The molecule has 0 saturated heterocycles. The molecule has 0 N–H and O–H groups in total. The quantitative estimate of drug-likeness (QED) is 0.293. The Bertz CT molecular complexity index is 1320. The molecule has 164 valence electrons. The van der Waals surface area contributed by atoms with E-state index < -0.39 is 0 Å². The topological polar surface area (TPSA) is 31.2 Å². The fourth-order valence-electron chi connectivity index (χ4n) is 4.34. The standard InChI is InChI=1S/C29H25NO2S/c1-20-8-15-25(16-9-20)33-29-22(19-31)10-17-27-26(29)18-28(21-6-4-3-5-7-21)30(27)23-11-13-24(32-2)14-12-23/h3-9,11-16,18-19H,10,17H2,1-2H3. The number of aromatic nitrogens is 1. The van der Waals surface area contributed by atoms with Gasteiger partial charge >= 0.3 is 0 Å². The third-order valence-corrected chi connectivity index (χ3v) is 7.25. The number of ether oxygens (including phenoxy) is 1. The molecule has 5 rings (SSSR count). The van der Waals surface area contributed by atoms with Gasteiger partial charge in [0.1, 0.15) is 12.0 Å². The van der Waals surface area contributed by atoms with Crippen LogP contribution in [0.3, 0.4) is 0 Å². The highest BCUT2D eigenvalue weighted by atomic mass is 32.2. The minimum Gasteiger partial charge on any atom is -0.497 e. The van der Waals surface area contributed by atoms with Gasteiger partial charge in [-0.05, 0) is 67.8 Å². The Morgan fingerprint density at radius 1 is 0.909 bits per heavy atom. The van der Waals surface area contributed by atoms with Crippen LogP contribution in [-0.4, -0.2) is 18.0 Å². The van der Waals surface area contributed by atoms with E-state index >= 15 is 0 Å². The van der Waals surface area contributed by atoms with E-state index in [-0.39, 0.29) is 0 Å². The molecule has 4 heteroatoms. The van der Waals surface area contributed by atoms with E-state index in [0.717, 1.165) is 62.8 Å². The van der Waals surface area contributed by atoms with Crippen molar-refractivity contribution in [3.63, 3.8) is 0 Å². The monoisotopic (exact) mass is 451 g/mol. The zero-order valence-electron chi connectivity index (χ0n) is 18.7. The molecule has 0 bridgehead atoms. The maximum Gasteiger partial charge on any atom is 0.147 e. The molecular formula is C29H25NO2S. The summed E-state index contributed by atoms with van der Waals surface area (Å²) in [4.78, 5) is 14.2. The van der Waals surface area contributed by atoms with E-state index in [1.807, 2.05) is 18.2 Å². The lowest BCUT2D eigenvalue weighted by atomic mass is 9.98. The third kappa shape index (κ3) is 4.14. The van der Waals surface area contributed by atoms with Gasteiger partial charge < -0.3 is 9.30 Å². The average molecular weight is 452 g/mol. The van der Waals surface area contributed by atoms with Crippen molar-refractivity contribution in [1.29, 1.82) is 0 Å². The highest BCUT2D eigenvalue weighted by Gasteiger charge is 2.26. The summed E-state index contributed by atoms with van der Waals surface area (Å²) in [6.07, 6.45) is 2.59. The number of rotatable bonds is 6. The molecule has 0 spiro atoms. The predicted octanol–water partition coefficient (Wildman–Crippen LogP) is 7.11. The maximum absolute atomic E-state index is 12.0. The Morgan fingerprint density at radius 2 is 1.64 bits per heavy atom. The van der Waals surface area contributed by atoms with Gasteiger partial charge in [0.15, 0.2) is 0 Å². The molecule has 0 radical (unpaired) electrons. The van der Waals surface area contributed by atoms with Crippen LogP contribution in [0, 0.1) is 6.92 Å². The van der Waals surface area contributed by atoms with E-state index in [0.29, 0.717) is 0 Å². The first-order valence-corrected chi connectivity index (χ1v) is 11.9. The van der Waals surface area contributed by atoms with Crippen LogP contribution in [0.1, 0.15) is 23.2 Å². The molecule has 0 atom stereocenters. The van der Waals surface area contributed by atoms with E-state index in [1.54, 1.807) is 18.9 Å². The molecule has 3 aromatic carbocycles. The van der Waals surface area contributed by atoms with Gasteiger partial charge in [0.25, 0.3) is 0 Å². The number of carbonyl (C=O) groups is 1. The van der Waals surface area contributed by atoms with Crippen molar-refractivity contribution in [2.45, 2.75) is 24.7 Å². The lowest BCUT2D eigenvalue weighted by molar-refractivity contribution is -0.105. The largest absolute Gasteiger partial charge is 0.497 e. The zero-order valence-corrected chi connectivity index (χ0v) is 19.6. The van der Waals surface area contributed by atoms with Gasteiger partial charge in [-0.2, -0.15) is 0 Å². The van der Waals surface area contributed by atoms with E-state index in [1.165, 1.54) is 11.3 Å². The molecule has 1 aliphatic rings. The summed E-state index contributed by atoms with van der Waals surface area (Å²) in [6.45, 7) is 2.09. The summed E-state index contributed by atoms with van der Waals surface area (Å²) in [7, 11) is 1.68. The minimum absolute atomic E-state index is 0.735. The van der Waals surface area contributed by atoms with Crippen LogP contribution in [0.15, 0.2) is 95.4 Å². The van der Waals surface area contributed by atoms with Crippen LogP contribution in [0.5, 0.6) is 5.75 Å². The Hall–Kier alpha value is -3.50. The molecule has 1 aromatic heterocycles. The van der Waals surface area contributed by atoms with Crippen molar-refractivity contribution < 1.29 is 9.53 Å². The molecule has 0 unspecified atom stereocenters. The summed E-state index contributed by atoms with van der Waals surface area (Å²) < 4.78 is 7.71. The van der Waals surface area contributed by atoms with Crippen molar-refractivity contribution in [2.24, 2.45) is 0 Å². The van der Waals surface area contributed by atoms with Crippen molar-refractivity contribution in [2.75, 3.05) is 7.11 Å². The molecule has 33 heavy (non-hydrogen) atoms. The summed E-state index contributed by atoms with van der Waals surface area (Å²) in [6, 6.07) is 29.3. The summed E-state index contributed by atoms with van der Waals surface area (Å²) in [5.74, 6) is 0.833. The van der Waals surface area contributed by atoms with Gasteiger partial charge in [-0.3, -0.25) is 4.79 Å². The van der Waals surface area contributed by atoms with Gasteiger partial charge in [-0.15, -0.1) is 0 Å². The first-order valence-electron chi connectivity index (χ1n) is 11.1. The number of allylic oxidation sites excluding steroid dienone is 1. The lowest BCUT2D eigenvalue weighted by Gasteiger charge is -2.21. The second kappa shape index (κ2) is 9.16. The van der Waals surface area contributed by atoms with Crippen LogP contribution in [0.4, 0.5) is 0 Å². The molecule has 0 amide bonds. The SMILES string of the molecule is COc1ccc(-n2c(-c3ccccc3)cc3c2CCC(C=O)=C3Sc2ccc(C)cc2)cc1. The number of hydrogen-bond donors (Lipinski definition) is 0. The molecular weight excluding hydrogens is 426 g/mol. The lowest BCUT2D eigenvalue weighted by Crippen LogP contribution is -2.09. The Balaban J connectivity index is 1.69. The van der Waals surface area contributed by atoms with E-state index in [4.69, 9.17) is 4.74 Å². The van der Waals surface area contributed by atoms with Crippen LogP contribution in [0.25, 0.3) is 21.8 Å². The highest BCUT2D eigenvalue weighted by molar-refractivity contribution is 8.08. The fraction of sp³-hybridized carbons (Fsp3) is 0.138. The number of aldehydes is 1. The number of methoxy groups -OCH3 is 1. The second-order valence-corrected chi connectivity index (χ2v) is 9.26. The average Bonchev–Trinajstić information content (AvgIpc) is 3.26. The molecule has 1 heterocycles.